The molecule has 1 fully saturated rings. The Hall–Kier alpha value is -3.41. The summed E-state index contributed by atoms with van der Waals surface area (Å²) in [5.74, 6) is 0.701. The van der Waals surface area contributed by atoms with Crippen LogP contribution in [0.4, 0.5) is 10.1 Å². The minimum atomic E-state index is -0.554. The molecular weight excluding hydrogens is 399 g/mol. The van der Waals surface area contributed by atoms with Crippen LogP contribution in [0.5, 0.6) is 17.2 Å². The molecule has 1 aliphatic rings. The van der Waals surface area contributed by atoms with Crippen molar-refractivity contribution < 1.29 is 18.6 Å². The van der Waals surface area contributed by atoms with Crippen LogP contribution >= 0.6 is 0 Å². The molecule has 31 heavy (non-hydrogen) atoms. The summed E-state index contributed by atoms with van der Waals surface area (Å²) in [6, 6.07) is 11.5. The lowest BCUT2D eigenvalue weighted by Gasteiger charge is -2.26. The summed E-state index contributed by atoms with van der Waals surface area (Å²) in [6.45, 7) is 4.83. The summed E-state index contributed by atoms with van der Waals surface area (Å²) in [7, 11) is 0. The van der Waals surface area contributed by atoms with Crippen LogP contribution in [-0.4, -0.2) is 49.3 Å². The van der Waals surface area contributed by atoms with Gasteiger partial charge in [-0.1, -0.05) is 0 Å². The lowest BCUT2D eigenvalue weighted by Crippen LogP contribution is -2.37. The predicted molar refractivity (Wildman–Crippen MR) is 115 cm³/mol. The van der Waals surface area contributed by atoms with Gasteiger partial charge in [0.05, 0.1) is 36.6 Å². The van der Waals surface area contributed by atoms with Gasteiger partial charge >= 0.3 is 0 Å². The Labute approximate surface area is 179 Å². The van der Waals surface area contributed by atoms with E-state index in [-0.39, 0.29) is 5.69 Å². The van der Waals surface area contributed by atoms with Gasteiger partial charge in [-0.05, 0) is 30.7 Å². The number of rotatable bonds is 7. The number of halogens is 1. The minimum Gasteiger partial charge on any atom is -0.492 e. The highest BCUT2D eigenvalue weighted by atomic mass is 19.1. The molecule has 1 aliphatic heterocycles. The molecule has 0 saturated carbocycles. The molecule has 1 saturated heterocycles. The molecule has 0 spiro atoms. The van der Waals surface area contributed by atoms with E-state index in [1.165, 1.54) is 12.1 Å². The summed E-state index contributed by atoms with van der Waals surface area (Å²) in [5.41, 5.74) is 6.58. The number of morpholine rings is 1. The molecule has 0 aliphatic carbocycles. The topological polar surface area (TPSA) is 93.6 Å². The Morgan fingerprint density at radius 3 is 2.77 bits per heavy atom. The number of hydrogen-bond donors (Lipinski definition) is 1. The average molecular weight is 422 g/mol. The second-order valence-corrected chi connectivity index (χ2v) is 7.23. The van der Waals surface area contributed by atoms with Crippen molar-refractivity contribution in [2.24, 2.45) is 0 Å². The van der Waals surface area contributed by atoms with Gasteiger partial charge in [0.2, 0.25) is 0 Å². The van der Waals surface area contributed by atoms with E-state index in [9.17, 15) is 9.65 Å². The van der Waals surface area contributed by atoms with E-state index in [4.69, 9.17) is 19.9 Å². The van der Waals surface area contributed by atoms with E-state index in [2.05, 4.69) is 16.0 Å². The van der Waals surface area contributed by atoms with Crippen LogP contribution in [0, 0.1) is 17.1 Å². The quantitative estimate of drug-likeness (QED) is 0.458. The van der Waals surface area contributed by atoms with Gasteiger partial charge in [-0.2, -0.15) is 5.26 Å². The fourth-order valence-corrected chi connectivity index (χ4v) is 3.44. The highest BCUT2D eigenvalue weighted by molar-refractivity contribution is 5.88. The third-order valence-corrected chi connectivity index (χ3v) is 5.10. The van der Waals surface area contributed by atoms with Crippen molar-refractivity contribution in [3.8, 4) is 23.3 Å². The molecule has 160 valence electrons. The standard InChI is InChI=1S/C23H23FN4O3/c24-19-13-17(2-3-20(19)26)31-22-4-5-27-21-14-23(16(15-25)12-18(21)22)30-9-1-6-28-7-10-29-11-8-28/h2-5,12-14H,1,6-11,26H2. The van der Waals surface area contributed by atoms with Gasteiger partial charge in [0.15, 0.2) is 0 Å². The third kappa shape index (κ3) is 5.02. The maximum atomic E-state index is 13.7. The van der Waals surface area contributed by atoms with E-state index in [0.717, 1.165) is 39.3 Å². The van der Waals surface area contributed by atoms with Crippen LogP contribution in [0.1, 0.15) is 12.0 Å². The number of hydrogen-bond acceptors (Lipinski definition) is 7. The van der Waals surface area contributed by atoms with Crippen LogP contribution in [0.15, 0.2) is 42.6 Å². The lowest BCUT2D eigenvalue weighted by molar-refractivity contribution is 0.0358. The molecule has 2 aromatic carbocycles. The van der Waals surface area contributed by atoms with Crippen LogP contribution in [0.2, 0.25) is 0 Å². The highest BCUT2D eigenvalue weighted by Crippen LogP contribution is 2.33. The maximum absolute atomic E-state index is 13.7. The number of ether oxygens (including phenoxy) is 3. The second-order valence-electron chi connectivity index (χ2n) is 7.23. The molecule has 0 atom stereocenters. The van der Waals surface area contributed by atoms with Crippen LogP contribution < -0.4 is 15.2 Å². The van der Waals surface area contributed by atoms with Crippen molar-refractivity contribution in [3.63, 3.8) is 0 Å². The zero-order valence-corrected chi connectivity index (χ0v) is 17.0. The van der Waals surface area contributed by atoms with Gasteiger partial charge in [-0.15, -0.1) is 0 Å². The second kappa shape index (κ2) is 9.60. The molecule has 2 N–H and O–H groups in total. The van der Waals surface area contributed by atoms with E-state index in [0.29, 0.717) is 40.3 Å². The van der Waals surface area contributed by atoms with Crippen molar-refractivity contribution >= 4 is 16.6 Å². The molecule has 8 heteroatoms. The van der Waals surface area contributed by atoms with E-state index in [1.807, 2.05) is 0 Å². The summed E-state index contributed by atoms with van der Waals surface area (Å²) >= 11 is 0. The molecule has 3 aromatic rings. The fraction of sp³-hybridized carbons (Fsp3) is 0.304. The van der Waals surface area contributed by atoms with Gasteiger partial charge in [-0.3, -0.25) is 9.88 Å². The molecule has 1 aromatic heterocycles. The molecule has 0 bridgehead atoms. The molecule has 0 unspecified atom stereocenters. The Kier molecular flexibility index (Phi) is 6.46. The highest BCUT2D eigenvalue weighted by Gasteiger charge is 2.13. The first-order valence-electron chi connectivity index (χ1n) is 10.1. The Morgan fingerprint density at radius 2 is 2.00 bits per heavy atom. The zero-order valence-electron chi connectivity index (χ0n) is 17.0. The van der Waals surface area contributed by atoms with Gasteiger partial charge < -0.3 is 19.9 Å². The number of pyridine rings is 1. The Morgan fingerprint density at radius 1 is 1.16 bits per heavy atom. The number of benzene rings is 2. The molecule has 4 rings (SSSR count). The first-order chi connectivity index (χ1) is 15.1. The monoisotopic (exact) mass is 422 g/mol. The molecule has 7 nitrogen and oxygen atoms in total. The smallest absolute Gasteiger partial charge is 0.149 e. The molecular formula is C23H23FN4O3. The third-order valence-electron chi connectivity index (χ3n) is 5.10. The average Bonchev–Trinajstić information content (AvgIpc) is 2.79. The van der Waals surface area contributed by atoms with Crippen molar-refractivity contribution in [1.82, 2.24) is 9.88 Å². The largest absolute Gasteiger partial charge is 0.492 e. The zero-order chi connectivity index (χ0) is 21.6. The van der Waals surface area contributed by atoms with E-state index >= 15 is 0 Å². The normalized spacial score (nSPS) is 14.3. The van der Waals surface area contributed by atoms with E-state index < -0.39 is 5.82 Å². The van der Waals surface area contributed by atoms with Gasteiger partial charge in [0.25, 0.3) is 0 Å². The molecule has 0 radical (unpaired) electrons. The minimum absolute atomic E-state index is 0.0501. The number of anilines is 1. The lowest BCUT2D eigenvalue weighted by atomic mass is 10.1. The Balaban J connectivity index is 1.49. The fourth-order valence-electron chi connectivity index (χ4n) is 3.44. The SMILES string of the molecule is N#Cc1cc2c(Oc3ccc(N)c(F)c3)ccnc2cc1OCCCN1CCOCC1. The number of fused-ring (bicyclic) bond motifs is 1. The predicted octanol–water partition coefficient (Wildman–Crippen LogP) is 3.72. The van der Waals surface area contributed by atoms with Crippen molar-refractivity contribution in [1.29, 1.82) is 5.26 Å². The Bertz CT molecular complexity index is 1110. The summed E-state index contributed by atoms with van der Waals surface area (Å²) in [6.07, 6.45) is 2.45. The number of nitrogens with zero attached hydrogens (tertiary/aromatic N) is 3. The van der Waals surface area contributed by atoms with Gasteiger partial charge in [0.1, 0.15) is 29.1 Å². The molecule has 2 heterocycles. The number of nitrogen functional groups attached to an aromatic ring is 1. The van der Waals surface area contributed by atoms with Crippen molar-refractivity contribution in [2.75, 3.05) is 45.2 Å². The number of nitrogens with two attached hydrogens (primary N) is 1. The number of aromatic nitrogens is 1. The first kappa shape index (κ1) is 20.8. The van der Waals surface area contributed by atoms with Crippen LogP contribution in [0.25, 0.3) is 10.9 Å². The van der Waals surface area contributed by atoms with E-state index in [1.54, 1.807) is 30.5 Å². The van der Waals surface area contributed by atoms with Crippen LogP contribution in [0.3, 0.4) is 0 Å². The summed E-state index contributed by atoms with van der Waals surface area (Å²) in [5, 5.41) is 10.2. The molecule has 0 amide bonds. The maximum Gasteiger partial charge on any atom is 0.149 e. The van der Waals surface area contributed by atoms with Crippen LogP contribution in [-0.2, 0) is 4.74 Å². The summed E-state index contributed by atoms with van der Waals surface area (Å²) in [4.78, 5) is 6.70. The summed E-state index contributed by atoms with van der Waals surface area (Å²) < 4.78 is 30.8. The van der Waals surface area contributed by atoms with Gasteiger partial charge in [-0.25, -0.2) is 4.39 Å². The van der Waals surface area contributed by atoms with Crippen molar-refractivity contribution in [3.05, 3.63) is 54.0 Å². The number of nitriles is 1. The van der Waals surface area contributed by atoms with Gasteiger partial charge in [0, 0.05) is 43.4 Å². The van der Waals surface area contributed by atoms with Crippen molar-refractivity contribution in [2.45, 2.75) is 6.42 Å². The first-order valence-corrected chi connectivity index (χ1v) is 10.1.